The smallest absolute Gasteiger partial charge is 0.338 e. The van der Waals surface area contributed by atoms with Crippen LogP contribution in [-0.4, -0.2) is 15.6 Å². The van der Waals surface area contributed by atoms with Gasteiger partial charge in [-0.05, 0) is 71.8 Å². The largest absolute Gasteiger partial charge is 0.478 e. The fourth-order valence-electron chi connectivity index (χ4n) is 3.23. The minimum atomic E-state index is -0.909. The van der Waals surface area contributed by atoms with E-state index in [0.717, 1.165) is 31.6 Å². The average molecular weight is 466 g/mol. The summed E-state index contributed by atoms with van der Waals surface area (Å²) in [6, 6.07) is 15.5. The third-order valence-corrected chi connectivity index (χ3v) is 5.21. The molecule has 0 aliphatic heterocycles. The molecule has 0 saturated heterocycles. The van der Waals surface area contributed by atoms with Gasteiger partial charge in [-0.3, -0.25) is 0 Å². The van der Waals surface area contributed by atoms with E-state index in [9.17, 15) is 9.90 Å². The van der Waals surface area contributed by atoms with E-state index in [4.69, 9.17) is 11.6 Å². The predicted molar refractivity (Wildman–Crippen MR) is 110 cm³/mol. The number of aromatic carboxylic acids is 1. The van der Waals surface area contributed by atoms with Gasteiger partial charge in [-0.25, -0.2) is 4.79 Å². The van der Waals surface area contributed by atoms with E-state index in [1.807, 2.05) is 62.4 Å². The van der Waals surface area contributed by atoms with Gasteiger partial charge in [-0.15, -0.1) is 0 Å². The fraction of sp³-hybridized carbons (Fsp3) is 0.150. The topological polar surface area (TPSA) is 42.2 Å². The Morgan fingerprint density at radius 1 is 1.16 bits per heavy atom. The molecule has 0 radical (unpaired) electrons. The van der Waals surface area contributed by atoms with Crippen LogP contribution in [0.3, 0.4) is 0 Å². The molecule has 0 spiro atoms. The van der Waals surface area contributed by atoms with Crippen molar-refractivity contribution >= 4 is 40.2 Å². The number of halogens is 2. The SMILES string of the molecule is CCn1c(C)c(C(=O)O)c(-c2cccc(I)c2)c1-c1ccc(Cl)cc1. The van der Waals surface area contributed by atoms with Crippen LogP contribution in [0.5, 0.6) is 0 Å². The number of carboxylic acids is 1. The highest BCUT2D eigenvalue weighted by Crippen LogP contribution is 2.40. The Morgan fingerprint density at radius 2 is 1.84 bits per heavy atom. The third kappa shape index (κ3) is 3.33. The molecule has 0 bridgehead atoms. The first-order valence-corrected chi connectivity index (χ1v) is 9.38. The van der Waals surface area contributed by atoms with Gasteiger partial charge in [0.1, 0.15) is 0 Å². The van der Waals surface area contributed by atoms with E-state index in [0.29, 0.717) is 17.1 Å². The third-order valence-electron chi connectivity index (χ3n) is 4.28. The molecule has 0 aliphatic rings. The molecule has 2 aromatic carbocycles. The van der Waals surface area contributed by atoms with Crippen molar-refractivity contribution in [2.75, 3.05) is 0 Å². The molecular formula is C20H17ClINO2. The summed E-state index contributed by atoms with van der Waals surface area (Å²) in [4.78, 5) is 12.0. The number of carbonyl (C=O) groups is 1. The van der Waals surface area contributed by atoms with Gasteiger partial charge in [0.2, 0.25) is 0 Å². The van der Waals surface area contributed by atoms with Gasteiger partial charge in [-0.1, -0.05) is 35.9 Å². The molecule has 1 heterocycles. The summed E-state index contributed by atoms with van der Waals surface area (Å²) in [5, 5.41) is 10.5. The van der Waals surface area contributed by atoms with Crippen LogP contribution in [0, 0.1) is 10.5 Å². The standard InChI is InChI=1S/C20H17ClINO2/c1-3-23-12(2)17(20(24)25)18(14-5-4-6-16(22)11-14)19(23)13-7-9-15(21)10-8-13/h4-11H,3H2,1-2H3,(H,24,25). The molecule has 0 aliphatic carbocycles. The molecule has 0 atom stereocenters. The molecule has 25 heavy (non-hydrogen) atoms. The highest BCUT2D eigenvalue weighted by atomic mass is 127. The Kier molecular flexibility index (Phi) is 5.20. The normalized spacial score (nSPS) is 10.9. The first-order valence-electron chi connectivity index (χ1n) is 7.92. The molecule has 1 N–H and O–H groups in total. The van der Waals surface area contributed by atoms with Crippen LogP contribution >= 0.6 is 34.2 Å². The minimum Gasteiger partial charge on any atom is -0.478 e. The zero-order chi connectivity index (χ0) is 18.1. The van der Waals surface area contributed by atoms with Crippen LogP contribution in [0.1, 0.15) is 23.0 Å². The lowest BCUT2D eigenvalue weighted by Crippen LogP contribution is -2.02. The van der Waals surface area contributed by atoms with Crippen LogP contribution in [0.15, 0.2) is 48.5 Å². The van der Waals surface area contributed by atoms with E-state index in [1.54, 1.807) is 0 Å². The van der Waals surface area contributed by atoms with Crippen molar-refractivity contribution in [3.63, 3.8) is 0 Å². The van der Waals surface area contributed by atoms with E-state index in [1.165, 1.54) is 0 Å². The Morgan fingerprint density at radius 3 is 2.40 bits per heavy atom. The summed E-state index contributed by atoms with van der Waals surface area (Å²) in [6.45, 7) is 4.58. The highest BCUT2D eigenvalue weighted by molar-refractivity contribution is 14.1. The van der Waals surface area contributed by atoms with E-state index in [2.05, 4.69) is 27.2 Å². The van der Waals surface area contributed by atoms with Crippen molar-refractivity contribution in [3.05, 3.63) is 68.4 Å². The van der Waals surface area contributed by atoms with Crippen LogP contribution in [0.4, 0.5) is 0 Å². The van der Waals surface area contributed by atoms with Gasteiger partial charge >= 0.3 is 5.97 Å². The quantitative estimate of drug-likeness (QED) is 0.473. The van der Waals surface area contributed by atoms with Crippen molar-refractivity contribution in [2.45, 2.75) is 20.4 Å². The first-order chi connectivity index (χ1) is 11.9. The molecule has 1 aromatic heterocycles. The van der Waals surface area contributed by atoms with Gasteiger partial charge in [-0.2, -0.15) is 0 Å². The molecule has 0 amide bonds. The maximum Gasteiger partial charge on any atom is 0.338 e. The molecular weight excluding hydrogens is 449 g/mol. The predicted octanol–water partition coefficient (Wildman–Crippen LogP) is 6.11. The second-order valence-electron chi connectivity index (χ2n) is 5.75. The second kappa shape index (κ2) is 7.22. The van der Waals surface area contributed by atoms with Gasteiger partial charge in [0.25, 0.3) is 0 Å². The number of aromatic nitrogens is 1. The van der Waals surface area contributed by atoms with Crippen LogP contribution < -0.4 is 0 Å². The minimum absolute atomic E-state index is 0.355. The summed E-state index contributed by atoms with van der Waals surface area (Å²) in [6.07, 6.45) is 0. The maximum atomic E-state index is 12.0. The molecule has 3 rings (SSSR count). The fourth-order valence-corrected chi connectivity index (χ4v) is 3.90. The second-order valence-corrected chi connectivity index (χ2v) is 7.43. The number of benzene rings is 2. The number of rotatable bonds is 4. The summed E-state index contributed by atoms with van der Waals surface area (Å²) >= 11 is 8.28. The van der Waals surface area contributed by atoms with Crippen LogP contribution in [0.2, 0.25) is 5.02 Å². The highest BCUT2D eigenvalue weighted by Gasteiger charge is 2.26. The lowest BCUT2D eigenvalue weighted by atomic mass is 9.97. The van der Waals surface area contributed by atoms with E-state index >= 15 is 0 Å². The molecule has 0 saturated carbocycles. The van der Waals surface area contributed by atoms with E-state index in [-0.39, 0.29) is 0 Å². The number of hydrogen-bond donors (Lipinski definition) is 1. The van der Waals surface area contributed by atoms with Gasteiger partial charge in [0.15, 0.2) is 0 Å². The summed E-state index contributed by atoms with van der Waals surface area (Å²) < 4.78 is 3.12. The molecule has 5 heteroatoms. The molecule has 3 aromatic rings. The average Bonchev–Trinajstić information content (AvgIpc) is 2.88. The molecule has 128 valence electrons. The number of hydrogen-bond acceptors (Lipinski definition) is 1. The Bertz CT molecular complexity index is 945. The molecule has 0 unspecified atom stereocenters. The summed E-state index contributed by atoms with van der Waals surface area (Å²) in [5.41, 5.74) is 4.65. The van der Waals surface area contributed by atoms with Crippen LogP contribution in [-0.2, 0) is 6.54 Å². The maximum absolute atomic E-state index is 12.0. The van der Waals surface area contributed by atoms with Crippen molar-refractivity contribution in [1.29, 1.82) is 0 Å². The Hall–Kier alpha value is -1.79. The van der Waals surface area contributed by atoms with Gasteiger partial charge < -0.3 is 9.67 Å². The van der Waals surface area contributed by atoms with Crippen molar-refractivity contribution in [1.82, 2.24) is 4.57 Å². The van der Waals surface area contributed by atoms with Crippen molar-refractivity contribution in [2.24, 2.45) is 0 Å². The zero-order valence-electron chi connectivity index (χ0n) is 13.9. The number of carboxylic acid groups (broad SMARTS) is 1. The van der Waals surface area contributed by atoms with Crippen molar-refractivity contribution in [3.8, 4) is 22.4 Å². The van der Waals surface area contributed by atoms with Gasteiger partial charge in [0, 0.05) is 26.4 Å². The Labute approximate surface area is 165 Å². The summed E-state index contributed by atoms with van der Waals surface area (Å²) in [7, 11) is 0. The van der Waals surface area contributed by atoms with Crippen molar-refractivity contribution < 1.29 is 9.90 Å². The van der Waals surface area contributed by atoms with Crippen LogP contribution in [0.25, 0.3) is 22.4 Å². The number of nitrogens with zero attached hydrogens (tertiary/aromatic N) is 1. The first kappa shape index (κ1) is 18.0. The molecule has 3 nitrogen and oxygen atoms in total. The van der Waals surface area contributed by atoms with E-state index < -0.39 is 5.97 Å². The molecule has 0 fully saturated rings. The lowest BCUT2D eigenvalue weighted by Gasteiger charge is -2.12. The Balaban J connectivity index is 2.41. The lowest BCUT2D eigenvalue weighted by molar-refractivity contribution is 0.0697. The van der Waals surface area contributed by atoms with Gasteiger partial charge in [0.05, 0.1) is 11.3 Å². The zero-order valence-corrected chi connectivity index (χ0v) is 16.8. The summed E-state index contributed by atoms with van der Waals surface area (Å²) in [5.74, 6) is -0.909. The monoisotopic (exact) mass is 465 g/mol.